The molecule has 2 rings (SSSR count). The average molecular weight is 130 g/mol. The molecule has 0 saturated carbocycles. The molecule has 2 aromatic rings. The molecule has 0 aliphatic rings. The van der Waals surface area contributed by atoms with Crippen LogP contribution in [-0.2, 0) is 0 Å². The summed E-state index contributed by atoms with van der Waals surface area (Å²) in [7, 11) is 0. The molecule has 1 heteroatoms. The lowest BCUT2D eigenvalue weighted by Crippen LogP contribution is -1.73. The summed E-state index contributed by atoms with van der Waals surface area (Å²) in [6.07, 6.45) is 1.81. The van der Waals surface area contributed by atoms with Crippen LogP contribution in [0.2, 0.25) is 0 Å². The predicted octanol–water partition coefficient (Wildman–Crippen LogP) is 2.23. The van der Waals surface area contributed by atoms with Crippen LogP contribution in [0.25, 0.3) is 10.9 Å². The first-order valence-corrected chi connectivity index (χ1v) is 3.26. The Morgan fingerprint density at radius 2 is 1.70 bits per heavy atom. The van der Waals surface area contributed by atoms with Gasteiger partial charge in [0.25, 0.3) is 0 Å². The summed E-state index contributed by atoms with van der Waals surface area (Å²) in [6.45, 7) is 0. The fourth-order valence-corrected chi connectivity index (χ4v) is 1.02. The van der Waals surface area contributed by atoms with E-state index in [-0.39, 0.29) is 0 Å². The van der Waals surface area contributed by atoms with Crippen molar-refractivity contribution in [3.8, 4) is 0 Å². The summed E-state index contributed by atoms with van der Waals surface area (Å²) < 4.78 is 0. The maximum atomic E-state index is 4.18. The molecule has 0 N–H and O–H groups in total. The SMILES string of the molecule is c1ccc2n[13cH]ccc2c1. The van der Waals surface area contributed by atoms with Crippen molar-refractivity contribution in [2.75, 3.05) is 0 Å². The van der Waals surface area contributed by atoms with Crippen molar-refractivity contribution >= 4 is 10.9 Å². The van der Waals surface area contributed by atoms with Crippen LogP contribution in [0, 0.1) is 0 Å². The van der Waals surface area contributed by atoms with Crippen molar-refractivity contribution in [3.63, 3.8) is 0 Å². The Labute approximate surface area is 59.3 Å². The van der Waals surface area contributed by atoms with E-state index in [1.165, 1.54) is 5.39 Å². The van der Waals surface area contributed by atoms with Crippen LogP contribution in [0.1, 0.15) is 0 Å². The van der Waals surface area contributed by atoms with Gasteiger partial charge in [0.05, 0.1) is 5.52 Å². The maximum Gasteiger partial charge on any atom is 0.0701 e. The van der Waals surface area contributed by atoms with E-state index in [1.54, 1.807) is 0 Å². The van der Waals surface area contributed by atoms with E-state index in [9.17, 15) is 0 Å². The van der Waals surface area contributed by atoms with Gasteiger partial charge < -0.3 is 0 Å². The van der Waals surface area contributed by atoms with Gasteiger partial charge in [-0.15, -0.1) is 0 Å². The molecule has 0 radical (unpaired) electrons. The van der Waals surface area contributed by atoms with Crippen LogP contribution in [0.4, 0.5) is 0 Å². The summed E-state index contributed by atoms with van der Waals surface area (Å²) >= 11 is 0. The molecule has 1 heterocycles. The fourth-order valence-electron chi connectivity index (χ4n) is 1.02. The third-order valence-corrected chi connectivity index (χ3v) is 1.51. The smallest absolute Gasteiger partial charge is 0.0701 e. The molecular weight excluding hydrogens is 123 g/mol. The van der Waals surface area contributed by atoms with E-state index in [4.69, 9.17) is 0 Å². The Hall–Kier alpha value is -1.37. The summed E-state index contributed by atoms with van der Waals surface area (Å²) in [4.78, 5) is 4.18. The summed E-state index contributed by atoms with van der Waals surface area (Å²) in [5.41, 5.74) is 1.06. The highest BCUT2D eigenvalue weighted by atomic mass is 14.8. The van der Waals surface area contributed by atoms with E-state index >= 15 is 0 Å². The number of fused-ring (bicyclic) bond motifs is 1. The number of benzene rings is 1. The monoisotopic (exact) mass is 130 g/mol. The maximum absolute atomic E-state index is 4.18. The molecule has 48 valence electrons. The molecule has 0 spiro atoms. The minimum atomic E-state index is 1.06. The number of para-hydroxylation sites is 1. The Balaban J connectivity index is 2.89. The van der Waals surface area contributed by atoms with E-state index in [0.29, 0.717) is 0 Å². The molecular formula is C9H7N. The first kappa shape index (κ1) is 5.42. The number of aromatic nitrogens is 1. The quantitative estimate of drug-likeness (QED) is 0.533. The molecule has 0 unspecified atom stereocenters. The average Bonchev–Trinajstić information content (AvgIpc) is 2.05. The van der Waals surface area contributed by atoms with Gasteiger partial charge in [0.2, 0.25) is 0 Å². The second-order valence-electron chi connectivity index (χ2n) is 2.20. The largest absolute Gasteiger partial charge is 0.256 e. The molecule has 10 heavy (non-hydrogen) atoms. The van der Waals surface area contributed by atoms with Gasteiger partial charge in [-0.3, -0.25) is 4.98 Å². The van der Waals surface area contributed by atoms with Gasteiger partial charge in [-0.05, 0) is 12.1 Å². The molecule has 1 aromatic heterocycles. The zero-order chi connectivity index (χ0) is 6.81. The molecule has 1 aromatic carbocycles. The zero-order valence-corrected chi connectivity index (χ0v) is 5.49. The normalized spacial score (nSPS) is 10.0. The molecule has 0 bridgehead atoms. The van der Waals surface area contributed by atoms with Gasteiger partial charge in [0.15, 0.2) is 0 Å². The van der Waals surface area contributed by atoms with Gasteiger partial charge in [0, 0.05) is 11.6 Å². The lowest BCUT2D eigenvalue weighted by atomic mass is 10.2. The summed E-state index contributed by atoms with van der Waals surface area (Å²) in [5.74, 6) is 0. The molecule has 0 aliphatic heterocycles. The standard InChI is InChI=1S/C9H7N/c1-2-6-9-8(4-1)5-3-7-10-9/h1-7H/i7+1. The first-order chi connectivity index (χ1) is 4.97. The molecule has 0 amide bonds. The zero-order valence-electron chi connectivity index (χ0n) is 5.49. The number of hydrogen-bond donors (Lipinski definition) is 0. The van der Waals surface area contributed by atoms with Crippen LogP contribution >= 0.6 is 0 Å². The van der Waals surface area contributed by atoms with Crippen molar-refractivity contribution in [3.05, 3.63) is 42.6 Å². The fraction of sp³-hybridized carbons (Fsp3) is 0. The highest BCUT2D eigenvalue weighted by Gasteiger charge is 1.86. The van der Waals surface area contributed by atoms with Gasteiger partial charge in [0.1, 0.15) is 0 Å². The highest BCUT2D eigenvalue weighted by molar-refractivity contribution is 5.77. The summed E-state index contributed by atoms with van der Waals surface area (Å²) in [5, 5.41) is 1.20. The lowest BCUT2D eigenvalue weighted by molar-refractivity contribution is 1.41. The van der Waals surface area contributed by atoms with Crippen LogP contribution in [0.15, 0.2) is 42.6 Å². The van der Waals surface area contributed by atoms with Crippen LogP contribution in [0.3, 0.4) is 0 Å². The van der Waals surface area contributed by atoms with Gasteiger partial charge in [-0.25, -0.2) is 0 Å². The van der Waals surface area contributed by atoms with Crippen molar-refractivity contribution in [1.82, 2.24) is 4.98 Å². The van der Waals surface area contributed by atoms with Gasteiger partial charge >= 0.3 is 0 Å². The van der Waals surface area contributed by atoms with Crippen LogP contribution in [0.5, 0.6) is 0 Å². The number of rotatable bonds is 0. The number of nitrogens with zero attached hydrogens (tertiary/aromatic N) is 1. The van der Waals surface area contributed by atoms with Crippen molar-refractivity contribution < 1.29 is 0 Å². The topological polar surface area (TPSA) is 12.9 Å². The van der Waals surface area contributed by atoms with E-state index in [1.807, 2.05) is 30.5 Å². The Bertz CT molecular complexity index is 276. The van der Waals surface area contributed by atoms with Gasteiger partial charge in [-0.1, -0.05) is 24.3 Å². The minimum absolute atomic E-state index is 1.06. The van der Waals surface area contributed by atoms with E-state index in [2.05, 4.69) is 17.1 Å². The third kappa shape index (κ3) is 0.760. The van der Waals surface area contributed by atoms with Crippen LogP contribution in [-0.4, -0.2) is 4.98 Å². The Kier molecular flexibility index (Phi) is 1.14. The van der Waals surface area contributed by atoms with E-state index in [0.717, 1.165) is 5.52 Å². The van der Waals surface area contributed by atoms with Gasteiger partial charge in [-0.2, -0.15) is 0 Å². The molecule has 0 saturated heterocycles. The number of pyridine rings is 1. The first-order valence-electron chi connectivity index (χ1n) is 3.26. The third-order valence-electron chi connectivity index (χ3n) is 1.51. The van der Waals surface area contributed by atoms with E-state index < -0.39 is 0 Å². The van der Waals surface area contributed by atoms with Crippen LogP contribution < -0.4 is 0 Å². The second-order valence-corrected chi connectivity index (χ2v) is 2.20. The predicted molar refractivity (Wildman–Crippen MR) is 41.7 cm³/mol. The second kappa shape index (κ2) is 2.10. The molecule has 0 fully saturated rings. The highest BCUT2D eigenvalue weighted by Crippen LogP contribution is 2.07. The molecule has 0 aliphatic carbocycles. The lowest BCUT2D eigenvalue weighted by Gasteiger charge is -1.91. The number of hydrogen-bond acceptors (Lipinski definition) is 1. The Morgan fingerprint density at radius 3 is 2.60 bits per heavy atom. The van der Waals surface area contributed by atoms with Crippen molar-refractivity contribution in [1.29, 1.82) is 0 Å². The summed E-state index contributed by atoms with van der Waals surface area (Å²) in [6, 6.07) is 12.1. The van der Waals surface area contributed by atoms with Crippen molar-refractivity contribution in [2.24, 2.45) is 0 Å². The molecule has 1 nitrogen and oxygen atoms in total. The van der Waals surface area contributed by atoms with Crippen molar-refractivity contribution in [2.45, 2.75) is 0 Å². The minimum Gasteiger partial charge on any atom is -0.256 e. The Morgan fingerprint density at radius 1 is 0.900 bits per heavy atom. The molecule has 0 atom stereocenters.